The standard InChI is InChI=1S/C33H42BrNO3/c1-10-38-31(37)29(22-11-15-24(34)16-12-22)28(21-13-17-25(18-14-21)35(8)9)23-19-26(32(2,3)4)30(36)27(20-23)33(5,6)7/h11-20,28-29,36H,10H2,1-9H3. The van der Waals surface area contributed by atoms with Crippen molar-refractivity contribution in [2.75, 3.05) is 25.6 Å². The molecule has 3 aromatic carbocycles. The highest BCUT2D eigenvalue weighted by Crippen LogP contribution is 2.46. The average Bonchev–Trinajstić information content (AvgIpc) is 2.82. The summed E-state index contributed by atoms with van der Waals surface area (Å²) in [5.74, 6) is -0.835. The molecule has 3 rings (SSSR count). The van der Waals surface area contributed by atoms with Crippen molar-refractivity contribution >= 4 is 27.6 Å². The molecule has 2 unspecified atom stereocenters. The quantitative estimate of drug-likeness (QED) is 0.286. The third-order valence-electron chi connectivity index (χ3n) is 6.98. The predicted octanol–water partition coefficient (Wildman–Crippen LogP) is 8.29. The molecule has 0 radical (unpaired) electrons. The molecule has 0 fully saturated rings. The summed E-state index contributed by atoms with van der Waals surface area (Å²) in [4.78, 5) is 15.8. The van der Waals surface area contributed by atoms with Crippen LogP contribution >= 0.6 is 15.9 Å². The van der Waals surface area contributed by atoms with E-state index in [-0.39, 0.29) is 22.7 Å². The van der Waals surface area contributed by atoms with Crippen molar-refractivity contribution < 1.29 is 14.6 Å². The summed E-state index contributed by atoms with van der Waals surface area (Å²) in [6.07, 6.45) is 0. The maximum atomic E-state index is 13.7. The first-order valence-electron chi connectivity index (χ1n) is 13.2. The molecular formula is C33H42BrNO3. The molecule has 0 aliphatic rings. The lowest BCUT2D eigenvalue weighted by Gasteiger charge is -2.32. The van der Waals surface area contributed by atoms with E-state index in [1.165, 1.54) is 0 Å². The fourth-order valence-corrected chi connectivity index (χ4v) is 5.17. The highest BCUT2D eigenvalue weighted by molar-refractivity contribution is 9.10. The number of phenolic OH excluding ortho intramolecular Hbond substituents is 1. The van der Waals surface area contributed by atoms with Crippen molar-refractivity contribution in [1.82, 2.24) is 0 Å². The van der Waals surface area contributed by atoms with Gasteiger partial charge in [-0.2, -0.15) is 0 Å². The van der Waals surface area contributed by atoms with E-state index < -0.39 is 5.92 Å². The molecule has 4 nitrogen and oxygen atoms in total. The Morgan fingerprint density at radius 3 is 1.74 bits per heavy atom. The Bertz CT molecular complexity index is 1210. The molecule has 0 aliphatic heterocycles. The van der Waals surface area contributed by atoms with Crippen LogP contribution in [0.3, 0.4) is 0 Å². The van der Waals surface area contributed by atoms with Gasteiger partial charge >= 0.3 is 5.97 Å². The van der Waals surface area contributed by atoms with Crippen LogP contribution in [0.2, 0.25) is 0 Å². The number of aromatic hydroxyl groups is 1. The minimum Gasteiger partial charge on any atom is -0.507 e. The minimum absolute atomic E-state index is 0.265. The minimum atomic E-state index is -0.571. The molecule has 0 heterocycles. The number of benzene rings is 3. The Balaban J connectivity index is 2.40. The average molecular weight is 581 g/mol. The monoisotopic (exact) mass is 579 g/mol. The third-order valence-corrected chi connectivity index (χ3v) is 7.51. The zero-order valence-electron chi connectivity index (χ0n) is 24.2. The van der Waals surface area contributed by atoms with Gasteiger partial charge in [0, 0.05) is 30.2 Å². The van der Waals surface area contributed by atoms with Crippen LogP contribution in [-0.2, 0) is 20.4 Å². The molecule has 3 aromatic rings. The fraction of sp³-hybridized carbons (Fsp3) is 0.424. The number of anilines is 1. The molecule has 0 saturated carbocycles. The van der Waals surface area contributed by atoms with Gasteiger partial charge in [0.15, 0.2) is 0 Å². The van der Waals surface area contributed by atoms with E-state index in [0.29, 0.717) is 12.4 Å². The normalized spacial score (nSPS) is 13.6. The smallest absolute Gasteiger partial charge is 0.314 e. The van der Waals surface area contributed by atoms with E-state index in [1.807, 2.05) is 45.3 Å². The number of esters is 1. The van der Waals surface area contributed by atoms with Crippen LogP contribution in [0.25, 0.3) is 0 Å². The van der Waals surface area contributed by atoms with Gasteiger partial charge in [-0.3, -0.25) is 4.79 Å². The Labute approximate surface area is 237 Å². The lowest BCUT2D eigenvalue weighted by molar-refractivity contribution is -0.145. The summed E-state index contributed by atoms with van der Waals surface area (Å²) >= 11 is 3.53. The molecule has 1 N–H and O–H groups in total. The van der Waals surface area contributed by atoms with Gasteiger partial charge < -0.3 is 14.7 Å². The Morgan fingerprint density at radius 2 is 1.32 bits per heavy atom. The van der Waals surface area contributed by atoms with Crippen molar-refractivity contribution in [2.45, 2.75) is 71.1 Å². The Hall–Kier alpha value is -2.79. The number of hydrogen-bond acceptors (Lipinski definition) is 4. The summed E-state index contributed by atoms with van der Waals surface area (Å²) in [5, 5.41) is 11.4. The molecule has 0 aliphatic carbocycles. The molecule has 5 heteroatoms. The van der Waals surface area contributed by atoms with Gasteiger partial charge in [-0.15, -0.1) is 0 Å². The Kier molecular flexibility index (Phi) is 9.03. The predicted molar refractivity (Wildman–Crippen MR) is 162 cm³/mol. The maximum absolute atomic E-state index is 13.7. The Morgan fingerprint density at radius 1 is 0.842 bits per heavy atom. The number of ether oxygens (including phenoxy) is 1. The van der Waals surface area contributed by atoms with E-state index in [4.69, 9.17) is 4.74 Å². The highest BCUT2D eigenvalue weighted by Gasteiger charge is 2.36. The van der Waals surface area contributed by atoms with Crippen molar-refractivity contribution in [2.24, 2.45) is 0 Å². The third kappa shape index (κ3) is 6.61. The molecule has 0 aromatic heterocycles. The second kappa shape index (κ2) is 11.5. The van der Waals surface area contributed by atoms with E-state index in [1.54, 1.807) is 0 Å². The summed E-state index contributed by atoms with van der Waals surface area (Å²) in [6, 6.07) is 20.4. The number of hydrogen-bond donors (Lipinski definition) is 1. The van der Waals surface area contributed by atoms with Crippen molar-refractivity contribution in [3.63, 3.8) is 0 Å². The van der Waals surface area contributed by atoms with Crippen LogP contribution in [-0.4, -0.2) is 31.8 Å². The highest BCUT2D eigenvalue weighted by atomic mass is 79.9. The zero-order chi connectivity index (χ0) is 28.4. The first kappa shape index (κ1) is 29.8. The van der Waals surface area contributed by atoms with Crippen LogP contribution in [0.4, 0.5) is 5.69 Å². The zero-order valence-corrected chi connectivity index (χ0v) is 25.8. The van der Waals surface area contributed by atoms with Gasteiger partial charge in [0.05, 0.1) is 12.5 Å². The van der Waals surface area contributed by atoms with Gasteiger partial charge in [0.2, 0.25) is 0 Å². The van der Waals surface area contributed by atoms with E-state index in [2.05, 4.69) is 98.8 Å². The number of nitrogens with zero attached hydrogens (tertiary/aromatic N) is 1. The van der Waals surface area contributed by atoms with Gasteiger partial charge in [-0.05, 0) is 69.8 Å². The van der Waals surface area contributed by atoms with E-state index >= 15 is 0 Å². The molecule has 0 saturated heterocycles. The molecule has 204 valence electrons. The maximum Gasteiger partial charge on any atom is 0.314 e. The van der Waals surface area contributed by atoms with Crippen molar-refractivity contribution in [3.8, 4) is 5.75 Å². The van der Waals surface area contributed by atoms with Crippen LogP contribution in [0.1, 0.15) is 88.1 Å². The number of rotatable bonds is 7. The van der Waals surface area contributed by atoms with E-state index in [9.17, 15) is 9.90 Å². The molecular weight excluding hydrogens is 538 g/mol. The van der Waals surface area contributed by atoms with Crippen LogP contribution in [0.15, 0.2) is 65.1 Å². The molecule has 2 atom stereocenters. The van der Waals surface area contributed by atoms with E-state index in [0.717, 1.165) is 38.0 Å². The largest absolute Gasteiger partial charge is 0.507 e. The number of carbonyl (C=O) groups is 1. The van der Waals surface area contributed by atoms with Crippen molar-refractivity contribution in [3.05, 3.63) is 93.0 Å². The second-order valence-electron chi connectivity index (χ2n) is 12.2. The molecule has 0 bridgehead atoms. The molecule has 0 spiro atoms. The number of carbonyl (C=O) groups excluding carboxylic acids is 1. The van der Waals surface area contributed by atoms with Gasteiger partial charge in [0.1, 0.15) is 5.75 Å². The first-order chi connectivity index (χ1) is 17.6. The molecule has 0 amide bonds. The van der Waals surface area contributed by atoms with Gasteiger partial charge in [0.25, 0.3) is 0 Å². The lowest BCUT2D eigenvalue weighted by Crippen LogP contribution is -2.25. The van der Waals surface area contributed by atoms with Gasteiger partial charge in [-0.1, -0.05) is 93.9 Å². The molecule has 38 heavy (non-hydrogen) atoms. The van der Waals surface area contributed by atoms with Gasteiger partial charge in [-0.25, -0.2) is 0 Å². The topological polar surface area (TPSA) is 49.8 Å². The number of halogens is 1. The first-order valence-corrected chi connectivity index (χ1v) is 14.0. The summed E-state index contributed by atoms with van der Waals surface area (Å²) in [6.45, 7) is 14.8. The number of phenols is 1. The fourth-order valence-electron chi connectivity index (χ4n) is 4.90. The van der Waals surface area contributed by atoms with Crippen LogP contribution in [0, 0.1) is 0 Å². The summed E-state index contributed by atoms with van der Waals surface area (Å²) in [7, 11) is 4.03. The lowest BCUT2D eigenvalue weighted by atomic mass is 9.72. The summed E-state index contributed by atoms with van der Waals surface area (Å²) < 4.78 is 6.63. The summed E-state index contributed by atoms with van der Waals surface area (Å²) in [5.41, 5.74) is 5.11. The van der Waals surface area contributed by atoms with Crippen LogP contribution in [0.5, 0.6) is 5.75 Å². The van der Waals surface area contributed by atoms with Crippen molar-refractivity contribution in [1.29, 1.82) is 0 Å². The second-order valence-corrected chi connectivity index (χ2v) is 13.1. The van der Waals surface area contributed by atoms with Crippen LogP contribution < -0.4 is 4.90 Å². The SMILES string of the molecule is CCOC(=O)C(c1ccc(Br)cc1)C(c1ccc(N(C)C)cc1)c1cc(C(C)(C)C)c(O)c(C(C)(C)C)c1.